The first kappa shape index (κ1) is 14.8. The highest BCUT2D eigenvalue weighted by molar-refractivity contribution is 14.1. The first-order chi connectivity index (χ1) is 7.50. The van der Waals surface area contributed by atoms with Crippen LogP contribution in [0.4, 0.5) is 0 Å². The molecule has 17 heavy (non-hydrogen) atoms. The lowest BCUT2D eigenvalue weighted by atomic mass is 9.97. The van der Waals surface area contributed by atoms with E-state index in [0.29, 0.717) is 0 Å². The zero-order chi connectivity index (χ0) is 13.4. The largest absolute Gasteiger partial charge is 0.488 e. The van der Waals surface area contributed by atoms with Crippen LogP contribution in [0.25, 0.3) is 0 Å². The molecular formula is C15H23IO. The number of alkyl halides is 1. The number of aryl methyl sites for hydroxylation is 2. The molecule has 0 aliphatic rings. The lowest BCUT2D eigenvalue weighted by molar-refractivity contribution is 0.128. The monoisotopic (exact) mass is 346 g/mol. The smallest absolute Gasteiger partial charge is 0.125 e. The van der Waals surface area contributed by atoms with Gasteiger partial charge in [0.15, 0.2) is 0 Å². The minimum Gasteiger partial charge on any atom is -0.488 e. The van der Waals surface area contributed by atoms with E-state index < -0.39 is 0 Å². The molecule has 1 aromatic rings. The first-order valence-electron chi connectivity index (χ1n) is 6.00. The van der Waals surface area contributed by atoms with E-state index in [1.165, 1.54) is 16.7 Å². The average molecular weight is 346 g/mol. The van der Waals surface area contributed by atoms with Crippen molar-refractivity contribution >= 4 is 22.6 Å². The van der Waals surface area contributed by atoms with Crippen LogP contribution in [0.1, 0.15) is 51.3 Å². The van der Waals surface area contributed by atoms with Crippen LogP contribution in [-0.4, -0.2) is 5.60 Å². The molecule has 96 valence electrons. The standard InChI is InChI=1S/C15H23IO/c1-10-8-12(15(6,7)16)9-11(2)13(10)17-14(3,4)5/h8-9H,1-7H3. The highest BCUT2D eigenvalue weighted by Crippen LogP contribution is 2.36. The minimum atomic E-state index is -0.142. The molecule has 0 amide bonds. The normalized spacial score (nSPS) is 12.7. The van der Waals surface area contributed by atoms with Crippen LogP contribution in [0.15, 0.2) is 12.1 Å². The molecule has 1 nitrogen and oxygen atoms in total. The van der Waals surface area contributed by atoms with Gasteiger partial charge < -0.3 is 4.74 Å². The van der Waals surface area contributed by atoms with Crippen molar-refractivity contribution in [3.63, 3.8) is 0 Å². The lowest BCUT2D eigenvalue weighted by Crippen LogP contribution is -2.24. The summed E-state index contributed by atoms with van der Waals surface area (Å²) >= 11 is 2.47. The summed E-state index contributed by atoms with van der Waals surface area (Å²) in [6, 6.07) is 4.47. The van der Waals surface area contributed by atoms with Crippen molar-refractivity contribution < 1.29 is 4.74 Å². The summed E-state index contributed by atoms with van der Waals surface area (Å²) in [7, 11) is 0. The summed E-state index contributed by atoms with van der Waals surface area (Å²) in [5.41, 5.74) is 3.66. The predicted molar refractivity (Wildman–Crippen MR) is 83.3 cm³/mol. The van der Waals surface area contributed by atoms with E-state index in [-0.39, 0.29) is 9.02 Å². The molecule has 0 unspecified atom stereocenters. The van der Waals surface area contributed by atoms with Gasteiger partial charge in [0.25, 0.3) is 0 Å². The lowest BCUT2D eigenvalue weighted by Gasteiger charge is -2.26. The van der Waals surface area contributed by atoms with E-state index in [4.69, 9.17) is 4.74 Å². The van der Waals surface area contributed by atoms with Gasteiger partial charge in [0.05, 0.1) is 0 Å². The second-order valence-electron chi connectivity index (χ2n) is 6.13. The van der Waals surface area contributed by atoms with Crippen LogP contribution in [-0.2, 0) is 3.42 Å². The first-order valence-corrected chi connectivity index (χ1v) is 7.08. The molecule has 0 N–H and O–H groups in total. The zero-order valence-electron chi connectivity index (χ0n) is 11.9. The van der Waals surface area contributed by atoms with Gasteiger partial charge in [0.2, 0.25) is 0 Å². The van der Waals surface area contributed by atoms with Crippen molar-refractivity contribution in [3.8, 4) is 5.75 Å². The summed E-state index contributed by atoms with van der Waals surface area (Å²) in [5, 5.41) is 0. The topological polar surface area (TPSA) is 9.23 Å². The second-order valence-corrected chi connectivity index (χ2v) is 8.82. The van der Waals surface area contributed by atoms with E-state index in [1.807, 2.05) is 0 Å². The van der Waals surface area contributed by atoms with E-state index in [2.05, 4.69) is 83.2 Å². The molecule has 0 spiro atoms. The molecule has 0 aliphatic heterocycles. The predicted octanol–water partition coefficient (Wildman–Crippen LogP) is 5.15. The number of benzene rings is 1. The fraction of sp³-hybridized carbons (Fsp3) is 0.600. The molecule has 2 heteroatoms. The third-order valence-electron chi connectivity index (χ3n) is 2.56. The maximum Gasteiger partial charge on any atom is 0.125 e. The van der Waals surface area contributed by atoms with Crippen molar-refractivity contribution in [2.45, 2.75) is 57.5 Å². The summed E-state index contributed by atoms with van der Waals surface area (Å²) in [4.78, 5) is 0. The Hall–Kier alpha value is -0.250. The van der Waals surface area contributed by atoms with Crippen molar-refractivity contribution in [1.82, 2.24) is 0 Å². The Labute approximate surface area is 119 Å². The average Bonchev–Trinajstić information content (AvgIpc) is 2.07. The molecule has 0 heterocycles. The second kappa shape index (κ2) is 4.79. The number of hydrogen-bond donors (Lipinski definition) is 0. The van der Waals surface area contributed by atoms with Gasteiger partial charge in [0.1, 0.15) is 11.4 Å². The fourth-order valence-corrected chi connectivity index (χ4v) is 2.07. The third kappa shape index (κ3) is 4.16. The van der Waals surface area contributed by atoms with Crippen molar-refractivity contribution in [2.75, 3.05) is 0 Å². The zero-order valence-corrected chi connectivity index (χ0v) is 14.1. The molecule has 0 saturated carbocycles. The Morgan fingerprint density at radius 2 is 1.35 bits per heavy atom. The van der Waals surface area contributed by atoms with Gasteiger partial charge in [-0.1, -0.05) is 34.7 Å². The van der Waals surface area contributed by atoms with Crippen LogP contribution in [0.3, 0.4) is 0 Å². The van der Waals surface area contributed by atoms with Crippen molar-refractivity contribution in [2.24, 2.45) is 0 Å². The molecule has 0 aliphatic carbocycles. The molecule has 0 saturated heterocycles. The number of hydrogen-bond acceptors (Lipinski definition) is 1. The fourth-order valence-electron chi connectivity index (χ4n) is 1.76. The van der Waals surface area contributed by atoms with Crippen LogP contribution in [0.5, 0.6) is 5.75 Å². The van der Waals surface area contributed by atoms with Gasteiger partial charge in [-0.05, 0) is 65.2 Å². The molecule has 0 aromatic heterocycles. The summed E-state index contributed by atoms with van der Waals surface area (Å²) in [5.74, 6) is 1.03. The van der Waals surface area contributed by atoms with E-state index in [1.54, 1.807) is 0 Å². The molecular weight excluding hydrogens is 323 g/mol. The molecule has 1 aromatic carbocycles. The maximum atomic E-state index is 6.03. The maximum absolute atomic E-state index is 6.03. The Bertz CT molecular complexity index is 385. The van der Waals surface area contributed by atoms with Gasteiger partial charge in [-0.25, -0.2) is 0 Å². The van der Waals surface area contributed by atoms with Gasteiger partial charge >= 0.3 is 0 Å². The summed E-state index contributed by atoms with van der Waals surface area (Å²) in [6.07, 6.45) is 0. The van der Waals surface area contributed by atoms with E-state index >= 15 is 0 Å². The van der Waals surface area contributed by atoms with Gasteiger partial charge in [-0.15, -0.1) is 0 Å². The molecule has 1 rings (SSSR count). The Kier molecular flexibility index (Phi) is 4.17. The van der Waals surface area contributed by atoms with Crippen LogP contribution in [0.2, 0.25) is 0 Å². The van der Waals surface area contributed by atoms with Crippen LogP contribution in [0, 0.1) is 13.8 Å². The van der Waals surface area contributed by atoms with Gasteiger partial charge in [-0.2, -0.15) is 0 Å². The van der Waals surface area contributed by atoms with E-state index in [0.717, 1.165) is 5.75 Å². The van der Waals surface area contributed by atoms with Crippen molar-refractivity contribution in [1.29, 1.82) is 0 Å². The summed E-state index contributed by atoms with van der Waals surface area (Å²) in [6.45, 7) is 15.0. The molecule has 0 fully saturated rings. The Morgan fingerprint density at radius 1 is 0.941 bits per heavy atom. The third-order valence-corrected chi connectivity index (χ3v) is 3.18. The van der Waals surface area contributed by atoms with E-state index in [9.17, 15) is 0 Å². The van der Waals surface area contributed by atoms with Crippen molar-refractivity contribution in [3.05, 3.63) is 28.8 Å². The van der Waals surface area contributed by atoms with Gasteiger partial charge in [-0.3, -0.25) is 0 Å². The molecule has 0 bridgehead atoms. The highest BCUT2D eigenvalue weighted by Gasteiger charge is 2.20. The highest BCUT2D eigenvalue weighted by atomic mass is 127. The SMILES string of the molecule is Cc1cc(C(C)(C)I)cc(C)c1OC(C)(C)C. The Balaban J connectivity index is 3.20. The van der Waals surface area contributed by atoms with Gasteiger partial charge in [0, 0.05) is 3.42 Å². The number of ether oxygens (including phenoxy) is 1. The van der Waals surface area contributed by atoms with Crippen LogP contribution >= 0.6 is 22.6 Å². The molecule has 0 atom stereocenters. The quantitative estimate of drug-likeness (QED) is 0.531. The summed E-state index contributed by atoms with van der Waals surface area (Å²) < 4.78 is 6.19. The number of halogens is 1. The minimum absolute atomic E-state index is 0.142. The molecule has 0 radical (unpaired) electrons. The number of rotatable bonds is 2. The Morgan fingerprint density at radius 3 is 1.65 bits per heavy atom. The van der Waals surface area contributed by atoms with Crippen LogP contribution < -0.4 is 4.74 Å².